The lowest BCUT2D eigenvalue weighted by atomic mass is 9.63. The number of hydrogen-bond acceptors (Lipinski definition) is 7. The van der Waals surface area contributed by atoms with Crippen molar-refractivity contribution < 1.29 is 9.53 Å². The molecule has 2 aliphatic carbocycles. The zero-order valence-corrected chi connectivity index (χ0v) is 27.6. The van der Waals surface area contributed by atoms with E-state index in [0.29, 0.717) is 18.5 Å². The number of aliphatic imine (C=N–C) groups is 1. The molecule has 45 heavy (non-hydrogen) atoms. The summed E-state index contributed by atoms with van der Waals surface area (Å²) >= 11 is 6.21. The minimum Gasteiger partial charge on any atom is -0.497 e. The lowest BCUT2D eigenvalue weighted by molar-refractivity contribution is -0.137. The fraction of sp³-hybridized carbons (Fsp3) is 0.611. The highest BCUT2D eigenvalue weighted by atomic mass is 35.5. The summed E-state index contributed by atoms with van der Waals surface area (Å²) < 4.78 is 5.30. The van der Waals surface area contributed by atoms with Crippen molar-refractivity contribution >= 4 is 29.5 Å². The molecule has 3 fully saturated rings. The third-order valence-electron chi connectivity index (χ3n) is 10.9. The van der Waals surface area contributed by atoms with Crippen molar-refractivity contribution in [1.82, 2.24) is 20.7 Å². The van der Waals surface area contributed by atoms with Crippen molar-refractivity contribution in [2.75, 3.05) is 38.7 Å². The van der Waals surface area contributed by atoms with Crippen LogP contribution in [-0.4, -0.2) is 73.7 Å². The van der Waals surface area contributed by atoms with Crippen molar-refractivity contribution in [2.45, 2.75) is 95.2 Å². The predicted octanol–water partition coefficient (Wildman–Crippen LogP) is 6.27. The molecule has 0 radical (unpaired) electrons. The van der Waals surface area contributed by atoms with E-state index in [4.69, 9.17) is 16.3 Å². The number of nitrogens with one attached hydrogen (secondary N) is 3. The summed E-state index contributed by atoms with van der Waals surface area (Å²) in [6, 6.07) is 16.7. The van der Waals surface area contributed by atoms with Gasteiger partial charge in [0, 0.05) is 42.4 Å². The molecule has 2 aromatic carbocycles. The first-order valence-electron chi connectivity index (χ1n) is 17.2. The molecular weight excluding hydrogens is 584 g/mol. The van der Waals surface area contributed by atoms with E-state index in [-0.39, 0.29) is 17.4 Å². The van der Waals surface area contributed by atoms with Crippen LogP contribution >= 0.6 is 11.6 Å². The Morgan fingerprint density at radius 1 is 0.978 bits per heavy atom. The van der Waals surface area contributed by atoms with Gasteiger partial charge in [0.2, 0.25) is 5.91 Å². The molecule has 1 amide bonds. The predicted molar refractivity (Wildman–Crippen MR) is 183 cm³/mol. The Labute approximate surface area is 274 Å². The monoisotopic (exact) mass is 634 g/mol. The second-order valence-corrected chi connectivity index (χ2v) is 14.2. The van der Waals surface area contributed by atoms with Gasteiger partial charge in [-0.1, -0.05) is 43.0 Å². The number of carbonyl (C=O) groups is 1. The van der Waals surface area contributed by atoms with Gasteiger partial charge in [0.15, 0.2) is 0 Å². The first-order chi connectivity index (χ1) is 22.0. The van der Waals surface area contributed by atoms with Gasteiger partial charge in [-0.05, 0) is 111 Å². The molecule has 2 heterocycles. The van der Waals surface area contributed by atoms with E-state index in [1.165, 1.54) is 32.1 Å². The third-order valence-corrected chi connectivity index (χ3v) is 11.2. The smallest absolute Gasteiger partial charge is 0.240 e. The normalized spacial score (nSPS) is 24.6. The van der Waals surface area contributed by atoms with Gasteiger partial charge in [-0.15, -0.1) is 0 Å². The second kappa shape index (κ2) is 15.2. The Kier molecular flexibility index (Phi) is 10.8. The molecule has 3 N–H and O–H groups in total. The molecule has 0 unspecified atom stereocenters. The van der Waals surface area contributed by atoms with E-state index in [1.807, 2.05) is 30.6 Å². The zero-order valence-electron chi connectivity index (χ0n) is 26.9. The Morgan fingerprint density at radius 2 is 1.67 bits per heavy atom. The van der Waals surface area contributed by atoms with Crippen LogP contribution in [0, 0.1) is 11.3 Å². The topological polar surface area (TPSA) is 81.2 Å². The van der Waals surface area contributed by atoms with Crippen LogP contribution < -0.4 is 20.8 Å². The van der Waals surface area contributed by atoms with Crippen molar-refractivity contribution in [3.05, 3.63) is 59.1 Å². The minimum atomic E-state index is -0.238. The van der Waals surface area contributed by atoms with E-state index in [2.05, 4.69) is 55.2 Å². The Bertz CT molecular complexity index is 1240. The van der Waals surface area contributed by atoms with Crippen molar-refractivity contribution in [3.8, 4) is 5.75 Å². The summed E-state index contributed by atoms with van der Waals surface area (Å²) in [6.45, 7) is 3.41. The molecular formula is C36H51ClN6O2. The highest BCUT2D eigenvalue weighted by Gasteiger charge is 2.44. The number of amides is 1. The highest BCUT2D eigenvalue weighted by molar-refractivity contribution is 6.30. The van der Waals surface area contributed by atoms with Gasteiger partial charge in [-0.2, -0.15) is 0 Å². The summed E-state index contributed by atoms with van der Waals surface area (Å²) in [7, 11) is 1.70. The van der Waals surface area contributed by atoms with Gasteiger partial charge in [-0.25, -0.2) is 5.01 Å². The molecule has 2 saturated carbocycles. The van der Waals surface area contributed by atoms with E-state index in [1.54, 1.807) is 7.11 Å². The number of nitrogens with zero attached hydrogens (tertiary/aromatic N) is 3. The quantitative estimate of drug-likeness (QED) is 0.270. The molecule has 9 heteroatoms. The molecule has 4 aliphatic rings. The SMILES string of the molecule is COc1ccc(NC2CCC(N[C@H](Cc3ccc(Cl)cc3)C(=O)N3CCC(CN4CN=CN4)(C4CCCCC4)CC3)CC2)cc1. The van der Waals surface area contributed by atoms with Gasteiger partial charge >= 0.3 is 0 Å². The number of methoxy groups -OCH3 is 1. The third kappa shape index (κ3) is 8.32. The van der Waals surface area contributed by atoms with E-state index < -0.39 is 0 Å². The first kappa shape index (κ1) is 32.1. The molecule has 6 rings (SSSR count). The number of hydrazine groups is 1. The largest absolute Gasteiger partial charge is 0.497 e. The average Bonchev–Trinajstić information content (AvgIpc) is 3.60. The first-order valence-corrected chi connectivity index (χ1v) is 17.6. The number of benzene rings is 2. The van der Waals surface area contributed by atoms with Crippen LogP contribution in [0.5, 0.6) is 5.75 Å². The molecule has 0 aromatic heterocycles. The van der Waals surface area contributed by atoms with Crippen LogP contribution in [-0.2, 0) is 11.2 Å². The average molecular weight is 635 g/mol. The van der Waals surface area contributed by atoms with Crippen LogP contribution in [0.15, 0.2) is 53.5 Å². The lowest BCUT2D eigenvalue weighted by Crippen LogP contribution is -2.57. The standard InChI is InChI=1S/C36H51ClN6O2/c1-45-33-17-15-31(16-18-33)40-30-11-13-32(14-12-30)41-34(23-27-7-9-29(37)10-8-27)35(44)42-21-19-36(20-22-42,24-43-26-38-25-39-43)28-5-3-2-4-6-28/h7-10,15-18,25,28,30,32,34,40-41H,2-6,11-14,19-24,26H2,1H3,(H,38,39)/t30?,32?,34-/m1/s1. The van der Waals surface area contributed by atoms with E-state index >= 15 is 0 Å². The number of piperidine rings is 1. The minimum absolute atomic E-state index is 0.238. The number of anilines is 1. The summed E-state index contributed by atoms with van der Waals surface area (Å²) in [5.41, 5.74) is 5.87. The van der Waals surface area contributed by atoms with Crippen LogP contribution in [0.25, 0.3) is 0 Å². The Hall–Kier alpha value is -2.81. The fourth-order valence-corrected chi connectivity index (χ4v) is 8.39. The number of ether oxygens (including phenoxy) is 1. The van der Waals surface area contributed by atoms with Gasteiger partial charge < -0.3 is 25.7 Å². The number of halogens is 1. The van der Waals surface area contributed by atoms with Gasteiger partial charge in [-0.3, -0.25) is 9.79 Å². The van der Waals surface area contributed by atoms with Gasteiger partial charge in [0.1, 0.15) is 12.4 Å². The van der Waals surface area contributed by atoms with Crippen molar-refractivity contribution in [1.29, 1.82) is 0 Å². The molecule has 0 bridgehead atoms. The van der Waals surface area contributed by atoms with Gasteiger partial charge in [0.05, 0.1) is 19.5 Å². The van der Waals surface area contributed by atoms with Crippen molar-refractivity contribution in [2.24, 2.45) is 16.3 Å². The number of rotatable bonds is 11. The van der Waals surface area contributed by atoms with Crippen LogP contribution in [0.2, 0.25) is 5.02 Å². The van der Waals surface area contributed by atoms with E-state index in [0.717, 1.165) is 92.8 Å². The molecule has 1 saturated heterocycles. The maximum absolute atomic E-state index is 14.3. The zero-order chi connectivity index (χ0) is 31.1. The molecule has 2 aromatic rings. The Morgan fingerprint density at radius 3 is 2.31 bits per heavy atom. The summed E-state index contributed by atoms with van der Waals surface area (Å²) in [5, 5.41) is 10.6. The summed E-state index contributed by atoms with van der Waals surface area (Å²) in [5.74, 6) is 1.86. The number of hydrogen-bond donors (Lipinski definition) is 3. The summed E-state index contributed by atoms with van der Waals surface area (Å²) in [6.07, 6.45) is 15.6. The van der Waals surface area contributed by atoms with E-state index in [9.17, 15) is 4.79 Å². The second-order valence-electron chi connectivity index (χ2n) is 13.8. The lowest BCUT2D eigenvalue weighted by Gasteiger charge is -2.50. The van der Waals surface area contributed by atoms with Crippen molar-refractivity contribution in [3.63, 3.8) is 0 Å². The number of likely N-dealkylation sites (tertiary alicyclic amines) is 1. The molecule has 2 aliphatic heterocycles. The Balaban J connectivity index is 1.09. The summed E-state index contributed by atoms with van der Waals surface area (Å²) in [4.78, 5) is 20.9. The highest BCUT2D eigenvalue weighted by Crippen LogP contribution is 2.46. The van der Waals surface area contributed by atoms with Crippen LogP contribution in [0.1, 0.15) is 76.2 Å². The molecule has 244 valence electrons. The molecule has 8 nitrogen and oxygen atoms in total. The molecule has 1 atom stereocenters. The maximum atomic E-state index is 14.3. The maximum Gasteiger partial charge on any atom is 0.240 e. The van der Waals surface area contributed by atoms with Crippen LogP contribution in [0.4, 0.5) is 5.69 Å². The van der Waals surface area contributed by atoms with Crippen LogP contribution in [0.3, 0.4) is 0 Å². The molecule has 0 spiro atoms. The number of carbonyl (C=O) groups excluding carboxylic acids is 1. The fourth-order valence-electron chi connectivity index (χ4n) is 8.27. The van der Waals surface area contributed by atoms with Gasteiger partial charge in [0.25, 0.3) is 0 Å².